The first-order valence-electron chi connectivity index (χ1n) is 4.88. The molecule has 0 spiro atoms. The average molecular weight is 226 g/mol. The second-order valence-corrected chi connectivity index (χ2v) is 3.03. The third kappa shape index (κ3) is 7.88. The van der Waals surface area contributed by atoms with Gasteiger partial charge < -0.3 is 0 Å². The fourth-order valence-electron chi connectivity index (χ4n) is 0.998. The average Bonchev–Trinajstić information content (AvgIpc) is 2.28. The zero-order valence-electron chi connectivity index (χ0n) is 8.90. The lowest BCUT2D eigenvalue weighted by atomic mass is 10.2. The van der Waals surface area contributed by atoms with Crippen LogP contribution in [-0.4, -0.2) is 0 Å². The van der Waals surface area contributed by atoms with Crippen LogP contribution in [0.1, 0.15) is 27.3 Å². The fourth-order valence-corrected chi connectivity index (χ4v) is 0.998. The van der Waals surface area contributed by atoms with Crippen molar-refractivity contribution in [1.29, 1.82) is 0 Å². The maximum atomic E-state index is 3.85. The van der Waals surface area contributed by atoms with Crippen LogP contribution in [0.4, 0.5) is 0 Å². The molecule has 1 aromatic carbocycles. The summed E-state index contributed by atoms with van der Waals surface area (Å²) >= 11 is 0. The van der Waals surface area contributed by atoms with Gasteiger partial charge in [0.05, 0.1) is 0 Å². The van der Waals surface area contributed by atoms with Crippen LogP contribution >= 0.6 is 0 Å². The van der Waals surface area contributed by atoms with E-state index in [1.165, 1.54) is 0 Å². The summed E-state index contributed by atoms with van der Waals surface area (Å²) < 4.78 is 0. The van der Waals surface area contributed by atoms with Gasteiger partial charge in [-0.25, -0.2) is 0 Å². The third-order valence-corrected chi connectivity index (χ3v) is 1.74. The zero-order valence-corrected chi connectivity index (χ0v) is 8.90. The molecule has 1 aromatic rings. The summed E-state index contributed by atoms with van der Waals surface area (Å²) in [4.78, 5) is 0. The highest BCUT2D eigenvalue weighted by Crippen LogP contribution is 1.97. The van der Waals surface area contributed by atoms with Crippen LogP contribution in [-0.2, 0) is 0 Å². The van der Waals surface area contributed by atoms with Gasteiger partial charge in [-0.05, 0) is 25.1 Å². The van der Waals surface area contributed by atoms with E-state index in [1.807, 2.05) is 61.6 Å². The molecular weight excluding hydrogens is 204 g/mol. The van der Waals surface area contributed by atoms with Gasteiger partial charge in [0.15, 0.2) is 0 Å². The van der Waals surface area contributed by atoms with Gasteiger partial charge in [-0.1, -0.05) is 69.7 Å². The Balaban J connectivity index is 0. The van der Waals surface area contributed by atoms with Crippen LogP contribution in [0.25, 0.3) is 0 Å². The Hall–Kier alpha value is -2.00. The minimum absolute atomic E-state index is 0. The maximum Gasteiger partial charge on any atom is 0.0249 e. The van der Waals surface area contributed by atoms with Crippen molar-refractivity contribution >= 4 is 0 Å². The second kappa shape index (κ2) is 10.5. The molecule has 0 radical (unpaired) electrons. The van der Waals surface area contributed by atoms with Gasteiger partial charge in [-0.3, -0.25) is 0 Å². The number of rotatable bonds is 2. The topological polar surface area (TPSA) is 0 Å². The SMILES string of the molecule is C.C.C=C(C#Cc1ccccc1)/C=C\C=C/C. The van der Waals surface area contributed by atoms with Gasteiger partial charge in [0.2, 0.25) is 0 Å². The summed E-state index contributed by atoms with van der Waals surface area (Å²) in [5.74, 6) is 6.04. The summed E-state index contributed by atoms with van der Waals surface area (Å²) in [5.41, 5.74) is 1.83. The lowest BCUT2D eigenvalue weighted by Crippen LogP contribution is -1.72. The van der Waals surface area contributed by atoms with E-state index in [0.29, 0.717) is 0 Å². The van der Waals surface area contributed by atoms with Gasteiger partial charge >= 0.3 is 0 Å². The number of allylic oxidation sites excluding steroid dienone is 5. The quantitative estimate of drug-likeness (QED) is 0.492. The molecule has 0 aromatic heterocycles. The monoisotopic (exact) mass is 226 g/mol. The molecule has 0 heterocycles. The Morgan fingerprint density at radius 3 is 2.35 bits per heavy atom. The van der Waals surface area contributed by atoms with Gasteiger partial charge in [-0.2, -0.15) is 0 Å². The van der Waals surface area contributed by atoms with Crippen molar-refractivity contribution in [3.05, 3.63) is 72.4 Å². The largest absolute Gasteiger partial charge is 0.0877 e. The van der Waals surface area contributed by atoms with E-state index in [1.54, 1.807) is 0 Å². The van der Waals surface area contributed by atoms with E-state index < -0.39 is 0 Å². The molecule has 0 atom stereocenters. The Kier molecular flexibility index (Phi) is 10.8. The molecular formula is C17H22. The van der Waals surface area contributed by atoms with E-state index >= 15 is 0 Å². The third-order valence-electron chi connectivity index (χ3n) is 1.74. The van der Waals surface area contributed by atoms with Crippen LogP contribution in [0.2, 0.25) is 0 Å². The van der Waals surface area contributed by atoms with Crippen LogP contribution < -0.4 is 0 Å². The first-order valence-corrected chi connectivity index (χ1v) is 4.88. The van der Waals surface area contributed by atoms with Crippen LogP contribution in [0.3, 0.4) is 0 Å². The molecule has 0 amide bonds. The van der Waals surface area contributed by atoms with Crippen molar-refractivity contribution in [2.75, 3.05) is 0 Å². The van der Waals surface area contributed by atoms with Crippen molar-refractivity contribution < 1.29 is 0 Å². The molecule has 0 fully saturated rings. The van der Waals surface area contributed by atoms with Gasteiger partial charge in [0.1, 0.15) is 0 Å². The Morgan fingerprint density at radius 2 is 1.76 bits per heavy atom. The van der Waals surface area contributed by atoms with Crippen LogP contribution in [0.5, 0.6) is 0 Å². The molecule has 0 aliphatic carbocycles. The minimum Gasteiger partial charge on any atom is -0.0877 e. The zero-order chi connectivity index (χ0) is 10.9. The van der Waals surface area contributed by atoms with Crippen molar-refractivity contribution in [2.24, 2.45) is 0 Å². The number of benzene rings is 1. The first-order chi connectivity index (χ1) is 7.33. The molecule has 0 unspecified atom stereocenters. The molecule has 90 valence electrons. The Labute approximate surface area is 106 Å². The maximum absolute atomic E-state index is 3.85. The van der Waals surface area contributed by atoms with E-state index in [0.717, 1.165) is 11.1 Å². The fraction of sp³-hybridized carbons (Fsp3) is 0.176. The van der Waals surface area contributed by atoms with E-state index in [2.05, 4.69) is 18.4 Å². The molecule has 0 bridgehead atoms. The summed E-state index contributed by atoms with van der Waals surface area (Å²) in [6.07, 6.45) is 7.75. The highest BCUT2D eigenvalue weighted by Gasteiger charge is 1.81. The first kappa shape index (κ1) is 17.4. The molecule has 0 saturated carbocycles. The van der Waals surface area contributed by atoms with Crippen molar-refractivity contribution in [2.45, 2.75) is 21.8 Å². The summed E-state index contributed by atoms with van der Waals surface area (Å²) in [5, 5.41) is 0. The van der Waals surface area contributed by atoms with Gasteiger partial charge in [0.25, 0.3) is 0 Å². The lowest BCUT2D eigenvalue weighted by Gasteiger charge is -1.86. The lowest BCUT2D eigenvalue weighted by molar-refractivity contribution is 1.64. The Bertz CT molecular complexity index is 422. The van der Waals surface area contributed by atoms with Crippen LogP contribution in [0.15, 0.2) is 66.8 Å². The number of hydrogen-bond donors (Lipinski definition) is 0. The summed E-state index contributed by atoms with van der Waals surface area (Å²) in [7, 11) is 0. The Morgan fingerprint density at radius 1 is 1.12 bits per heavy atom. The molecule has 0 aliphatic heterocycles. The molecule has 0 nitrogen and oxygen atoms in total. The standard InChI is InChI=1S/C15H14.2CH4/c1-3-4-6-9-14(2)12-13-15-10-7-5-8-11-15;;/h3-11H,2H2,1H3;2*1H4/b4-3-,9-6-;;. The molecule has 0 heteroatoms. The van der Waals surface area contributed by atoms with E-state index in [-0.39, 0.29) is 14.9 Å². The smallest absolute Gasteiger partial charge is 0.0249 e. The normalized spacial score (nSPS) is 9.00. The summed E-state index contributed by atoms with van der Waals surface area (Å²) in [6.45, 7) is 5.82. The predicted molar refractivity (Wildman–Crippen MR) is 79.9 cm³/mol. The highest BCUT2D eigenvalue weighted by atomic mass is 13.9. The molecule has 0 aliphatic rings. The second-order valence-electron chi connectivity index (χ2n) is 3.03. The van der Waals surface area contributed by atoms with E-state index in [9.17, 15) is 0 Å². The van der Waals surface area contributed by atoms with Crippen molar-refractivity contribution in [3.63, 3.8) is 0 Å². The van der Waals surface area contributed by atoms with Crippen molar-refractivity contribution in [3.8, 4) is 11.8 Å². The van der Waals surface area contributed by atoms with Crippen molar-refractivity contribution in [1.82, 2.24) is 0 Å². The van der Waals surface area contributed by atoms with E-state index in [4.69, 9.17) is 0 Å². The molecule has 0 N–H and O–H groups in total. The van der Waals surface area contributed by atoms with Gasteiger partial charge in [0, 0.05) is 11.1 Å². The molecule has 0 saturated heterocycles. The molecule has 17 heavy (non-hydrogen) atoms. The number of hydrogen-bond acceptors (Lipinski definition) is 0. The highest BCUT2D eigenvalue weighted by molar-refractivity contribution is 5.43. The minimum atomic E-state index is 0. The van der Waals surface area contributed by atoms with Gasteiger partial charge in [-0.15, -0.1) is 0 Å². The van der Waals surface area contributed by atoms with Crippen LogP contribution in [0, 0.1) is 11.8 Å². The summed E-state index contributed by atoms with van der Waals surface area (Å²) in [6, 6.07) is 9.89. The molecule has 1 rings (SSSR count). The predicted octanol–water partition coefficient (Wildman–Crippen LogP) is 5.00.